The molecule has 3 heteroatoms. The molecule has 0 fully saturated rings. The van der Waals surface area contributed by atoms with Crippen molar-refractivity contribution in [2.45, 2.75) is 59.0 Å². The summed E-state index contributed by atoms with van der Waals surface area (Å²) in [6.45, 7) is 12.2. The van der Waals surface area contributed by atoms with Crippen LogP contribution in [0.2, 0.25) is 0 Å². The van der Waals surface area contributed by atoms with Gasteiger partial charge in [-0.3, -0.25) is 0 Å². The molecule has 0 heterocycles. The van der Waals surface area contributed by atoms with Crippen LogP contribution < -0.4 is 10.5 Å². The van der Waals surface area contributed by atoms with Crippen LogP contribution in [-0.2, 0) is 5.41 Å². The summed E-state index contributed by atoms with van der Waals surface area (Å²) >= 11 is 0. The predicted molar refractivity (Wildman–Crippen MR) is 88.7 cm³/mol. The van der Waals surface area contributed by atoms with Crippen LogP contribution in [0, 0.1) is 5.41 Å². The summed E-state index contributed by atoms with van der Waals surface area (Å²) in [7, 11) is 0. The van der Waals surface area contributed by atoms with Crippen molar-refractivity contribution in [2.75, 3.05) is 13.2 Å². The molecule has 0 aliphatic rings. The van der Waals surface area contributed by atoms with Gasteiger partial charge in [-0.05, 0) is 34.9 Å². The van der Waals surface area contributed by atoms with E-state index in [0.29, 0.717) is 18.4 Å². The van der Waals surface area contributed by atoms with Gasteiger partial charge >= 0.3 is 0 Å². The highest BCUT2D eigenvalue weighted by Gasteiger charge is 2.27. The quantitative estimate of drug-likeness (QED) is 0.809. The fraction of sp³-hybridized carbons (Fsp3) is 0.667. The van der Waals surface area contributed by atoms with Crippen molar-refractivity contribution in [3.63, 3.8) is 0 Å². The van der Waals surface area contributed by atoms with Gasteiger partial charge in [0.1, 0.15) is 5.75 Å². The SMILES string of the molecule is CC(C)(C)CC(C)(C)c1ccc(OCCC(O)CN)cc1. The molecule has 1 rings (SSSR count). The van der Waals surface area contributed by atoms with Crippen LogP contribution in [0.25, 0.3) is 0 Å². The number of hydrogen-bond donors (Lipinski definition) is 2. The number of benzene rings is 1. The summed E-state index contributed by atoms with van der Waals surface area (Å²) in [5.74, 6) is 0.842. The van der Waals surface area contributed by atoms with Crippen molar-refractivity contribution < 1.29 is 9.84 Å². The lowest BCUT2D eigenvalue weighted by molar-refractivity contribution is 0.146. The number of ether oxygens (including phenoxy) is 1. The van der Waals surface area contributed by atoms with E-state index in [-0.39, 0.29) is 12.0 Å². The second-order valence-corrected chi connectivity index (χ2v) is 7.67. The minimum Gasteiger partial charge on any atom is -0.493 e. The molecule has 0 aromatic heterocycles. The number of rotatable bonds is 7. The molecule has 0 aliphatic heterocycles. The molecule has 0 radical (unpaired) electrons. The van der Waals surface area contributed by atoms with Gasteiger partial charge < -0.3 is 15.6 Å². The molecule has 0 bridgehead atoms. The Balaban J connectivity index is 2.61. The smallest absolute Gasteiger partial charge is 0.119 e. The number of aliphatic hydroxyl groups excluding tert-OH is 1. The number of aliphatic hydroxyl groups is 1. The van der Waals surface area contributed by atoms with Gasteiger partial charge in [0.2, 0.25) is 0 Å². The van der Waals surface area contributed by atoms with Gasteiger partial charge in [0.05, 0.1) is 12.7 Å². The van der Waals surface area contributed by atoms with Crippen molar-refractivity contribution >= 4 is 0 Å². The van der Waals surface area contributed by atoms with E-state index in [1.54, 1.807) is 0 Å². The van der Waals surface area contributed by atoms with Crippen LogP contribution in [0.4, 0.5) is 0 Å². The Kier molecular flexibility index (Phi) is 6.24. The molecule has 3 nitrogen and oxygen atoms in total. The minimum absolute atomic E-state index is 0.145. The fourth-order valence-electron chi connectivity index (χ4n) is 2.86. The van der Waals surface area contributed by atoms with E-state index in [9.17, 15) is 5.11 Å². The van der Waals surface area contributed by atoms with E-state index in [2.05, 4.69) is 46.8 Å². The standard InChI is InChI=1S/C18H31NO2/c1-17(2,3)13-18(4,5)14-6-8-16(9-7-14)21-11-10-15(20)12-19/h6-9,15,20H,10-13,19H2,1-5H3. The molecular weight excluding hydrogens is 262 g/mol. The molecule has 0 aliphatic carbocycles. The third kappa shape index (κ3) is 6.49. The van der Waals surface area contributed by atoms with E-state index in [1.165, 1.54) is 5.56 Å². The van der Waals surface area contributed by atoms with Crippen LogP contribution >= 0.6 is 0 Å². The highest BCUT2D eigenvalue weighted by atomic mass is 16.5. The first kappa shape index (κ1) is 18.0. The summed E-state index contributed by atoms with van der Waals surface area (Å²) in [5.41, 5.74) is 7.14. The van der Waals surface area contributed by atoms with Crippen LogP contribution in [0.3, 0.4) is 0 Å². The topological polar surface area (TPSA) is 55.5 Å². The Morgan fingerprint density at radius 1 is 1.10 bits per heavy atom. The lowest BCUT2D eigenvalue weighted by Crippen LogP contribution is -2.24. The number of hydrogen-bond acceptors (Lipinski definition) is 3. The maximum Gasteiger partial charge on any atom is 0.119 e. The second-order valence-electron chi connectivity index (χ2n) is 7.67. The van der Waals surface area contributed by atoms with Gasteiger partial charge in [-0.15, -0.1) is 0 Å². The van der Waals surface area contributed by atoms with Crippen molar-refractivity contribution in [3.8, 4) is 5.75 Å². The molecule has 120 valence electrons. The molecule has 0 spiro atoms. The van der Waals surface area contributed by atoms with Gasteiger partial charge in [-0.1, -0.05) is 46.8 Å². The average molecular weight is 293 g/mol. The summed E-state index contributed by atoms with van der Waals surface area (Å²) in [6, 6.07) is 8.30. The van der Waals surface area contributed by atoms with Gasteiger partial charge in [0.15, 0.2) is 0 Å². The lowest BCUT2D eigenvalue weighted by atomic mass is 9.72. The molecule has 0 saturated carbocycles. The van der Waals surface area contributed by atoms with E-state index >= 15 is 0 Å². The lowest BCUT2D eigenvalue weighted by Gasteiger charge is -2.33. The molecule has 1 atom stereocenters. The zero-order chi connectivity index (χ0) is 16.1. The summed E-state index contributed by atoms with van der Waals surface area (Å²) in [4.78, 5) is 0. The van der Waals surface area contributed by atoms with Crippen molar-refractivity contribution in [3.05, 3.63) is 29.8 Å². The van der Waals surface area contributed by atoms with Crippen LogP contribution in [0.1, 0.15) is 53.0 Å². The summed E-state index contributed by atoms with van der Waals surface area (Å²) in [5, 5.41) is 9.39. The van der Waals surface area contributed by atoms with E-state index in [4.69, 9.17) is 10.5 Å². The molecular formula is C18H31NO2. The Morgan fingerprint density at radius 3 is 2.14 bits per heavy atom. The predicted octanol–water partition coefficient (Wildman–Crippen LogP) is 3.49. The molecule has 0 amide bonds. The Hall–Kier alpha value is -1.06. The molecule has 1 aromatic carbocycles. The first-order chi connectivity index (χ1) is 9.64. The van der Waals surface area contributed by atoms with Crippen molar-refractivity contribution in [1.29, 1.82) is 0 Å². The van der Waals surface area contributed by atoms with E-state index in [1.807, 2.05) is 12.1 Å². The molecule has 1 aromatic rings. The average Bonchev–Trinajstić information content (AvgIpc) is 2.36. The Morgan fingerprint density at radius 2 is 1.67 bits per heavy atom. The Labute approximate surface area is 129 Å². The normalized spacial score (nSPS) is 14.0. The second kappa shape index (κ2) is 7.28. The molecule has 3 N–H and O–H groups in total. The van der Waals surface area contributed by atoms with Gasteiger partial charge in [0, 0.05) is 13.0 Å². The first-order valence-electron chi connectivity index (χ1n) is 7.75. The maximum absolute atomic E-state index is 9.39. The monoisotopic (exact) mass is 293 g/mol. The third-order valence-corrected chi connectivity index (χ3v) is 3.60. The van der Waals surface area contributed by atoms with Crippen LogP contribution in [0.5, 0.6) is 5.75 Å². The maximum atomic E-state index is 9.39. The van der Waals surface area contributed by atoms with Crippen molar-refractivity contribution in [2.24, 2.45) is 11.1 Å². The number of nitrogens with two attached hydrogens (primary N) is 1. The van der Waals surface area contributed by atoms with Crippen molar-refractivity contribution in [1.82, 2.24) is 0 Å². The van der Waals surface area contributed by atoms with E-state index < -0.39 is 6.10 Å². The van der Waals surface area contributed by atoms with Crippen LogP contribution in [-0.4, -0.2) is 24.4 Å². The molecule has 1 unspecified atom stereocenters. The minimum atomic E-state index is -0.477. The largest absolute Gasteiger partial charge is 0.493 e. The van der Waals surface area contributed by atoms with Gasteiger partial charge in [-0.25, -0.2) is 0 Å². The fourth-order valence-corrected chi connectivity index (χ4v) is 2.86. The van der Waals surface area contributed by atoms with Gasteiger partial charge in [-0.2, -0.15) is 0 Å². The summed E-state index contributed by atoms with van der Waals surface area (Å²) in [6.07, 6.45) is 1.21. The van der Waals surface area contributed by atoms with Gasteiger partial charge in [0.25, 0.3) is 0 Å². The zero-order valence-corrected chi connectivity index (χ0v) is 14.1. The highest BCUT2D eigenvalue weighted by molar-refractivity contribution is 5.31. The zero-order valence-electron chi connectivity index (χ0n) is 14.1. The summed E-state index contributed by atoms with van der Waals surface area (Å²) < 4.78 is 5.63. The van der Waals surface area contributed by atoms with E-state index in [0.717, 1.165) is 12.2 Å². The first-order valence-corrected chi connectivity index (χ1v) is 7.75. The molecule has 0 saturated heterocycles. The Bertz CT molecular complexity index is 418. The molecule has 21 heavy (non-hydrogen) atoms. The van der Waals surface area contributed by atoms with Crippen LogP contribution in [0.15, 0.2) is 24.3 Å². The third-order valence-electron chi connectivity index (χ3n) is 3.60. The highest BCUT2D eigenvalue weighted by Crippen LogP contribution is 2.36.